The van der Waals surface area contributed by atoms with Crippen LogP contribution in [0.5, 0.6) is 0 Å². The van der Waals surface area contributed by atoms with E-state index in [1.807, 2.05) is 0 Å². The predicted octanol–water partition coefficient (Wildman–Crippen LogP) is 1.14. The molecule has 0 fully saturated rings. The molecule has 0 saturated carbocycles. The van der Waals surface area contributed by atoms with Crippen LogP contribution in [0.4, 0.5) is 0 Å². The molecule has 154 valence electrons. The summed E-state index contributed by atoms with van der Waals surface area (Å²) >= 11 is 0. The van der Waals surface area contributed by atoms with Crippen LogP contribution in [0.15, 0.2) is 58.3 Å². The lowest BCUT2D eigenvalue weighted by atomic mass is 10.1. The lowest BCUT2D eigenvalue weighted by Gasteiger charge is -2.08. The molecular weight excluding hydrogens is 404 g/mol. The SMILES string of the molecule is O=S(=O)(O)c1ccc(CCNCCNCCc2ccc(S(=O)(=O)O)cc2)cc1. The third kappa shape index (κ3) is 7.66. The van der Waals surface area contributed by atoms with E-state index in [1.54, 1.807) is 24.3 Å². The Balaban J connectivity index is 1.57. The van der Waals surface area contributed by atoms with Crippen molar-refractivity contribution in [3.05, 3.63) is 59.7 Å². The molecule has 0 aliphatic rings. The van der Waals surface area contributed by atoms with Gasteiger partial charge in [-0.15, -0.1) is 0 Å². The van der Waals surface area contributed by atoms with Gasteiger partial charge in [0, 0.05) is 13.1 Å². The Labute approximate surface area is 165 Å². The summed E-state index contributed by atoms with van der Waals surface area (Å²) in [7, 11) is -8.30. The van der Waals surface area contributed by atoms with Gasteiger partial charge < -0.3 is 10.6 Å². The maximum absolute atomic E-state index is 11.0. The first kappa shape index (κ1) is 22.5. The largest absolute Gasteiger partial charge is 0.315 e. The van der Waals surface area contributed by atoms with Gasteiger partial charge in [-0.05, 0) is 61.3 Å². The molecule has 2 aromatic carbocycles. The first-order valence-corrected chi connectivity index (χ1v) is 11.6. The number of hydrogen-bond donors (Lipinski definition) is 4. The minimum Gasteiger partial charge on any atom is -0.315 e. The van der Waals surface area contributed by atoms with Crippen molar-refractivity contribution >= 4 is 20.2 Å². The quantitative estimate of drug-likeness (QED) is 0.309. The highest BCUT2D eigenvalue weighted by molar-refractivity contribution is 7.86. The zero-order chi connectivity index (χ0) is 20.6. The average molecular weight is 429 g/mol. The van der Waals surface area contributed by atoms with Crippen molar-refractivity contribution in [1.29, 1.82) is 0 Å². The zero-order valence-corrected chi connectivity index (χ0v) is 16.8. The molecule has 0 bridgehead atoms. The van der Waals surface area contributed by atoms with Gasteiger partial charge in [0.15, 0.2) is 0 Å². The molecule has 4 N–H and O–H groups in total. The van der Waals surface area contributed by atoms with Gasteiger partial charge in [0.25, 0.3) is 20.2 Å². The minimum absolute atomic E-state index is 0.110. The average Bonchev–Trinajstić information content (AvgIpc) is 2.63. The monoisotopic (exact) mass is 428 g/mol. The Kier molecular flexibility index (Phi) is 8.10. The van der Waals surface area contributed by atoms with Crippen LogP contribution >= 0.6 is 0 Å². The summed E-state index contributed by atoms with van der Waals surface area (Å²) in [6, 6.07) is 12.2. The number of rotatable bonds is 11. The van der Waals surface area contributed by atoms with Crippen molar-refractivity contribution in [3.63, 3.8) is 0 Å². The van der Waals surface area contributed by atoms with Crippen molar-refractivity contribution in [2.75, 3.05) is 26.2 Å². The fourth-order valence-electron chi connectivity index (χ4n) is 2.55. The van der Waals surface area contributed by atoms with Crippen LogP contribution < -0.4 is 10.6 Å². The highest BCUT2D eigenvalue weighted by Crippen LogP contribution is 2.11. The fraction of sp³-hybridized carbons (Fsp3) is 0.333. The van der Waals surface area contributed by atoms with Gasteiger partial charge in [0.1, 0.15) is 0 Å². The molecule has 0 aromatic heterocycles. The Morgan fingerprint density at radius 3 is 1.18 bits per heavy atom. The van der Waals surface area contributed by atoms with Crippen molar-refractivity contribution < 1.29 is 25.9 Å². The van der Waals surface area contributed by atoms with Crippen LogP contribution in [0.3, 0.4) is 0 Å². The van der Waals surface area contributed by atoms with E-state index in [-0.39, 0.29) is 9.79 Å². The van der Waals surface area contributed by atoms with Crippen LogP contribution in [0.25, 0.3) is 0 Å². The van der Waals surface area contributed by atoms with E-state index in [0.717, 1.165) is 50.1 Å². The van der Waals surface area contributed by atoms with Crippen LogP contribution in [0.1, 0.15) is 11.1 Å². The summed E-state index contributed by atoms with van der Waals surface area (Å²) in [5.41, 5.74) is 1.95. The van der Waals surface area contributed by atoms with Gasteiger partial charge in [-0.3, -0.25) is 9.11 Å². The first-order valence-electron chi connectivity index (χ1n) is 8.70. The molecule has 0 saturated heterocycles. The standard InChI is InChI=1S/C18H24N2O6S2/c21-27(22,23)17-5-1-15(2-6-17)9-11-19-13-14-20-12-10-16-3-7-18(8-4-16)28(24,25)26/h1-8,19-20H,9-14H2,(H,21,22,23)(H,24,25,26). The van der Waals surface area contributed by atoms with Crippen molar-refractivity contribution in [3.8, 4) is 0 Å². The first-order chi connectivity index (χ1) is 13.2. The second kappa shape index (κ2) is 10.1. The topological polar surface area (TPSA) is 133 Å². The third-order valence-corrected chi connectivity index (χ3v) is 5.84. The van der Waals surface area contributed by atoms with Crippen LogP contribution in [-0.4, -0.2) is 52.1 Å². The molecular formula is C18H24N2O6S2. The Morgan fingerprint density at radius 2 is 0.893 bits per heavy atom. The summed E-state index contributed by atoms with van der Waals surface area (Å²) in [6.45, 7) is 3.02. The molecule has 0 aliphatic carbocycles. The molecule has 2 aromatic rings. The van der Waals surface area contributed by atoms with E-state index in [9.17, 15) is 16.8 Å². The molecule has 10 heteroatoms. The highest BCUT2D eigenvalue weighted by Gasteiger charge is 2.09. The second-order valence-electron chi connectivity index (χ2n) is 6.24. The Morgan fingerprint density at radius 1 is 0.571 bits per heavy atom. The summed E-state index contributed by atoms with van der Waals surface area (Å²) < 4.78 is 61.8. The molecule has 2 rings (SSSR count). The van der Waals surface area contributed by atoms with Crippen LogP contribution in [0, 0.1) is 0 Å². The van der Waals surface area contributed by atoms with Gasteiger partial charge in [0.05, 0.1) is 9.79 Å². The van der Waals surface area contributed by atoms with E-state index in [4.69, 9.17) is 9.11 Å². The van der Waals surface area contributed by atoms with Gasteiger partial charge in [0.2, 0.25) is 0 Å². The van der Waals surface area contributed by atoms with Crippen molar-refractivity contribution in [1.82, 2.24) is 10.6 Å². The summed E-state index contributed by atoms with van der Waals surface area (Å²) in [6.07, 6.45) is 1.48. The molecule has 0 amide bonds. The molecule has 0 aliphatic heterocycles. The Bertz CT molecular complexity index is 875. The maximum atomic E-state index is 11.0. The third-order valence-electron chi connectivity index (χ3n) is 4.10. The van der Waals surface area contributed by atoms with Gasteiger partial charge in [-0.2, -0.15) is 16.8 Å². The number of benzene rings is 2. The minimum atomic E-state index is -4.15. The molecule has 0 atom stereocenters. The fourth-order valence-corrected chi connectivity index (χ4v) is 3.51. The predicted molar refractivity (Wildman–Crippen MR) is 106 cm³/mol. The normalized spacial score (nSPS) is 12.2. The maximum Gasteiger partial charge on any atom is 0.294 e. The molecule has 0 heterocycles. The molecule has 0 unspecified atom stereocenters. The Hall–Kier alpha value is -1.82. The van der Waals surface area contributed by atoms with Crippen LogP contribution in [0.2, 0.25) is 0 Å². The van der Waals surface area contributed by atoms with E-state index in [0.29, 0.717) is 0 Å². The van der Waals surface area contributed by atoms with E-state index in [2.05, 4.69) is 10.6 Å². The second-order valence-corrected chi connectivity index (χ2v) is 9.08. The number of hydrogen-bond acceptors (Lipinski definition) is 6. The van der Waals surface area contributed by atoms with E-state index in [1.165, 1.54) is 24.3 Å². The lowest BCUT2D eigenvalue weighted by molar-refractivity contribution is 0.481. The van der Waals surface area contributed by atoms with E-state index >= 15 is 0 Å². The van der Waals surface area contributed by atoms with Gasteiger partial charge in [-0.25, -0.2) is 0 Å². The molecule has 0 spiro atoms. The van der Waals surface area contributed by atoms with Gasteiger partial charge >= 0.3 is 0 Å². The van der Waals surface area contributed by atoms with Crippen molar-refractivity contribution in [2.45, 2.75) is 22.6 Å². The zero-order valence-electron chi connectivity index (χ0n) is 15.2. The van der Waals surface area contributed by atoms with E-state index < -0.39 is 20.2 Å². The van der Waals surface area contributed by atoms with Gasteiger partial charge in [-0.1, -0.05) is 24.3 Å². The lowest BCUT2D eigenvalue weighted by Crippen LogP contribution is -2.29. The smallest absolute Gasteiger partial charge is 0.294 e. The summed E-state index contributed by atoms with van der Waals surface area (Å²) in [4.78, 5) is -0.220. The van der Waals surface area contributed by atoms with Crippen molar-refractivity contribution in [2.24, 2.45) is 0 Å². The highest BCUT2D eigenvalue weighted by atomic mass is 32.2. The number of nitrogens with one attached hydrogen (secondary N) is 2. The summed E-state index contributed by atoms with van der Waals surface area (Å²) in [5, 5.41) is 6.55. The molecule has 8 nitrogen and oxygen atoms in total. The molecule has 0 radical (unpaired) electrons. The summed E-state index contributed by atoms with van der Waals surface area (Å²) in [5.74, 6) is 0. The van der Waals surface area contributed by atoms with Crippen LogP contribution in [-0.2, 0) is 33.1 Å². The molecule has 28 heavy (non-hydrogen) atoms.